The fourth-order valence-corrected chi connectivity index (χ4v) is 5.74. The van der Waals surface area contributed by atoms with E-state index in [1.165, 1.54) is 5.56 Å². The average Bonchev–Trinajstić information content (AvgIpc) is 3.17. The van der Waals surface area contributed by atoms with Crippen LogP contribution in [0.25, 0.3) is 10.6 Å². The molecule has 152 valence electrons. The maximum atomic E-state index is 12.8. The molecule has 4 rings (SSSR count). The third kappa shape index (κ3) is 4.59. The van der Waals surface area contributed by atoms with E-state index in [1.807, 2.05) is 19.1 Å². The maximum Gasteiger partial charge on any atom is 0.243 e. The lowest BCUT2D eigenvalue weighted by Gasteiger charge is -2.33. The minimum absolute atomic E-state index is 0.374. The summed E-state index contributed by atoms with van der Waals surface area (Å²) in [6, 6.07) is 15.5. The molecule has 0 bridgehead atoms. The van der Waals surface area contributed by atoms with Crippen LogP contribution in [0.3, 0.4) is 0 Å². The Hall–Kier alpha value is -2.06. The van der Waals surface area contributed by atoms with Gasteiger partial charge in [0.2, 0.25) is 10.0 Å². The van der Waals surface area contributed by atoms with E-state index in [0.29, 0.717) is 31.1 Å². The van der Waals surface area contributed by atoms with E-state index in [-0.39, 0.29) is 0 Å². The summed E-state index contributed by atoms with van der Waals surface area (Å²) >= 11 is 1.66. The van der Waals surface area contributed by atoms with Crippen LogP contribution in [0.15, 0.2) is 58.8 Å². The molecule has 0 radical (unpaired) electrons. The number of sulfonamides is 1. The minimum Gasteiger partial charge on any atom is -0.295 e. The van der Waals surface area contributed by atoms with Gasteiger partial charge in [0, 0.05) is 43.7 Å². The number of thiazole rings is 1. The second kappa shape index (κ2) is 8.36. The minimum atomic E-state index is -3.42. The third-order valence-corrected chi connectivity index (χ3v) is 8.05. The van der Waals surface area contributed by atoms with Crippen LogP contribution < -0.4 is 0 Å². The van der Waals surface area contributed by atoms with Crippen molar-refractivity contribution in [1.29, 1.82) is 0 Å². The van der Waals surface area contributed by atoms with Crippen LogP contribution >= 0.6 is 11.3 Å². The zero-order valence-electron chi connectivity index (χ0n) is 16.7. The van der Waals surface area contributed by atoms with E-state index in [0.717, 1.165) is 28.4 Å². The van der Waals surface area contributed by atoms with Crippen molar-refractivity contribution >= 4 is 21.4 Å². The number of rotatable bonds is 5. The molecule has 1 saturated heterocycles. The summed E-state index contributed by atoms with van der Waals surface area (Å²) < 4.78 is 27.3. The van der Waals surface area contributed by atoms with Gasteiger partial charge in [-0.25, -0.2) is 13.4 Å². The van der Waals surface area contributed by atoms with Gasteiger partial charge < -0.3 is 0 Å². The third-order valence-electron chi connectivity index (χ3n) is 5.19. The molecule has 0 unspecified atom stereocenters. The lowest BCUT2D eigenvalue weighted by Crippen LogP contribution is -2.48. The number of piperazine rings is 1. The number of aryl methyl sites for hydroxylation is 2. The highest BCUT2D eigenvalue weighted by atomic mass is 32.2. The summed E-state index contributed by atoms with van der Waals surface area (Å²) in [4.78, 5) is 7.43. The molecule has 7 heteroatoms. The van der Waals surface area contributed by atoms with Gasteiger partial charge in [0.05, 0.1) is 10.6 Å². The van der Waals surface area contributed by atoms with Crippen LogP contribution in [-0.2, 0) is 16.6 Å². The van der Waals surface area contributed by atoms with E-state index < -0.39 is 10.0 Å². The summed E-state index contributed by atoms with van der Waals surface area (Å²) in [5, 5.41) is 3.14. The van der Waals surface area contributed by atoms with Crippen LogP contribution in [0.1, 0.15) is 16.8 Å². The van der Waals surface area contributed by atoms with Gasteiger partial charge >= 0.3 is 0 Å². The van der Waals surface area contributed by atoms with Crippen LogP contribution in [0.4, 0.5) is 0 Å². The first kappa shape index (κ1) is 20.2. The van der Waals surface area contributed by atoms with Gasteiger partial charge in [-0.3, -0.25) is 4.90 Å². The first-order chi connectivity index (χ1) is 13.9. The van der Waals surface area contributed by atoms with E-state index in [2.05, 4.69) is 41.5 Å². The van der Waals surface area contributed by atoms with Gasteiger partial charge in [-0.05, 0) is 32.0 Å². The fraction of sp³-hybridized carbons (Fsp3) is 0.318. The Morgan fingerprint density at radius 2 is 1.69 bits per heavy atom. The van der Waals surface area contributed by atoms with Crippen LogP contribution in [0.2, 0.25) is 0 Å². The Kier molecular flexibility index (Phi) is 5.83. The Morgan fingerprint density at radius 1 is 0.966 bits per heavy atom. The number of aromatic nitrogens is 1. The predicted octanol–water partition coefficient (Wildman–Crippen LogP) is 3.93. The van der Waals surface area contributed by atoms with Gasteiger partial charge in [-0.2, -0.15) is 4.31 Å². The van der Waals surface area contributed by atoms with Crippen molar-refractivity contribution in [2.45, 2.75) is 25.3 Å². The van der Waals surface area contributed by atoms with E-state index in [9.17, 15) is 8.42 Å². The Labute approximate surface area is 176 Å². The second-order valence-electron chi connectivity index (χ2n) is 7.51. The van der Waals surface area contributed by atoms with Crippen molar-refractivity contribution < 1.29 is 8.42 Å². The van der Waals surface area contributed by atoms with Crippen molar-refractivity contribution in [2.24, 2.45) is 0 Å². The average molecular weight is 428 g/mol. The smallest absolute Gasteiger partial charge is 0.243 e. The van der Waals surface area contributed by atoms with Crippen LogP contribution in [0, 0.1) is 13.8 Å². The van der Waals surface area contributed by atoms with Crippen molar-refractivity contribution in [3.63, 3.8) is 0 Å². The van der Waals surface area contributed by atoms with Crippen molar-refractivity contribution in [3.8, 4) is 10.6 Å². The molecule has 0 atom stereocenters. The monoisotopic (exact) mass is 427 g/mol. The molecule has 0 amide bonds. The van der Waals surface area contributed by atoms with Gasteiger partial charge in [-0.1, -0.05) is 41.5 Å². The first-order valence-corrected chi connectivity index (χ1v) is 12.0. The Balaban J connectivity index is 1.37. The molecule has 29 heavy (non-hydrogen) atoms. The molecule has 3 aromatic rings. The van der Waals surface area contributed by atoms with Gasteiger partial charge in [0.1, 0.15) is 5.01 Å². The van der Waals surface area contributed by atoms with Crippen molar-refractivity contribution in [2.75, 3.05) is 26.2 Å². The molecule has 1 aliphatic rings. The quantitative estimate of drug-likeness (QED) is 0.619. The fourth-order valence-electron chi connectivity index (χ4n) is 3.51. The number of benzene rings is 2. The van der Waals surface area contributed by atoms with Crippen molar-refractivity contribution in [3.05, 3.63) is 70.7 Å². The lowest BCUT2D eigenvalue weighted by molar-refractivity contribution is 0.180. The SMILES string of the molecule is Cc1ccc(S(=O)(=O)N2CCN(Cc3csc(-c4cccc(C)c4)n3)CC2)cc1. The largest absolute Gasteiger partial charge is 0.295 e. The highest BCUT2D eigenvalue weighted by Crippen LogP contribution is 2.25. The lowest BCUT2D eigenvalue weighted by atomic mass is 10.1. The molecule has 1 aromatic heterocycles. The molecule has 1 aliphatic heterocycles. The number of nitrogens with zero attached hydrogens (tertiary/aromatic N) is 3. The standard InChI is InChI=1S/C22H25N3O2S2/c1-17-6-8-21(9-7-17)29(26,27)25-12-10-24(11-13-25)15-20-16-28-22(23-20)19-5-3-4-18(2)14-19/h3-9,14,16H,10-13,15H2,1-2H3. The van der Waals surface area contributed by atoms with Gasteiger partial charge in [0.15, 0.2) is 0 Å². The Morgan fingerprint density at radius 3 is 2.38 bits per heavy atom. The molecular formula is C22H25N3O2S2. The summed E-state index contributed by atoms with van der Waals surface area (Å²) in [6.45, 7) is 7.22. The molecule has 0 N–H and O–H groups in total. The van der Waals surface area contributed by atoms with Crippen LogP contribution in [0.5, 0.6) is 0 Å². The zero-order chi connectivity index (χ0) is 20.4. The molecule has 0 saturated carbocycles. The summed E-state index contributed by atoms with van der Waals surface area (Å²) in [7, 11) is -3.42. The Bertz CT molecular complexity index is 1080. The number of hydrogen-bond acceptors (Lipinski definition) is 5. The molecule has 0 aliphatic carbocycles. The van der Waals surface area contributed by atoms with E-state index >= 15 is 0 Å². The second-order valence-corrected chi connectivity index (χ2v) is 10.3. The predicted molar refractivity (Wildman–Crippen MR) is 118 cm³/mol. The molecule has 2 heterocycles. The summed E-state index contributed by atoms with van der Waals surface area (Å²) in [5.41, 5.74) is 4.48. The highest BCUT2D eigenvalue weighted by molar-refractivity contribution is 7.89. The molecule has 5 nitrogen and oxygen atoms in total. The highest BCUT2D eigenvalue weighted by Gasteiger charge is 2.28. The topological polar surface area (TPSA) is 53.5 Å². The molecule has 2 aromatic carbocycles. The van der Waals surface area contributed by atoms with Gasteiger partial charge in [-0.15, -0.1) is 11.3 Å². The molecular weight excluding hydrogens is 402 g/mol. The summed E-state index contributed by atoms with van der Waals surface area (Å²) in [6.07, 6.45) is 0. The molecule has 0 spiro atoms. The van der Waals surface area contributed by atoms with Crippen molar-refractivity contribution in [1.82, 2.24) is 14.2 Å². The van der Waals surface area contributed by atoms with Gasteiger partial charge in [0.25, 0.3) is 0 Å². The summed E-state index contributed by atoms with van der Waals surface area (Å²) in [5.74, 6) is 0. The molecule has 1 fully saturated rings. The zero-order valence-corrected chi connectivity index (χ0v) is 18.3. The van der Waals surface area contributed by atoms with Crippen LogP contribution in [-0.4, -0.2) is 48.8 Å². The first-order valence-electron chi connectivity index (χ1n) is 9.72. The number of hydrogen-bond donors (Lipinski definition) is 0. The normalized spacial score (nSPS) is 16.2. The van der Waals surface area contributed by atoms with E-state index in [4.69, 9.17) is 4.98 Å². The van der Waals surface area contributed by atoms with E-state index in [1.54, 1.807) is 27.8 Å². The maximum absolute atomic E-state index is 12.8.